The number of amides is 2. The van der Waals surface area contributed by atoms with Crippen molar-refractivity contribution >= 4 is 45.2 Å². The lowest BCUT2D eigenvalue weighted by Crippen LogP contribution is -2.32. The molecule has 3 rings (SSSR count). The highest BCUT2D eigenvalue weighted by Crippen LogP contribution is 2.25. The van der Waals surface area contributed by atoms with Crippen molar-refractivity contribution in [3.63, 3.8) is 0 Å². The first kappa shape index (κ1) is 20.1. The van der Waals surface area contributed by atoms with E-state index in [-0.39, 0.29) is 18.4 Å². The van der Waals surface area contributed by atoms with E-state index in [9.17, 15) is 9.59 Å². The van der Waals surface area contributed by atoms with Gasteiger partial charge in [-0.3, -0.25) is 9.59 Å². The number of aromatic nitrogens is 1. The molecule has 0 aliphatic heterocycles. The third-order valence-corrected chi connectivity index (χ3v) is 5.30. The van der Waals surface area contributed by atoms with Gasteiger partial charge in [0.05, 0.1) is 6.54 Å². The van der Waals surface area contributed by atoms with Gasteiger partial charge in [0.25, 0.3) is 5.91 Å². The van der Waals surface area contributed by atoms with Gasteiger partial charge in [0.1, 0.15) is 5.03 Å². The normalized spacial score (nSPS) is 10.4. The molecule has 28 heavy (non-hydrogen) atoms. The Morgan fingerprint density at radius 2 is 1.86 bits per heavy atom. The number of carbonyl (C=O) groups excluding carboxylic acids is 2. The molecule has 1 heterocycles. The molecule has 0 unspecified atom stereocenters. The Kier molecular flexibility index (Phi) is 6.84. The van der Waals surface area contributed by atoms with Crippen LogP contribution in [0.15, 0.2) is 81.3 Å². The molecular formula is C21H18BrN3O2S. The summed E-state index contributed by atoms with van der Waals surface area (Å²) < 4.78 is 0.945. The maximum absolute atomic E-state index is 12.3. The van der Waals surface area contributed by atoms with E-state index in [1.54, 1.807) is 18.3 Å². The number of carbonyl (C=O) groups is 2. The molecule has 0 spiro atoms. The largest absolute Gasteiger partial charge is 0.343 e. The van der Waals surface area contributed by atoms with E-state index in [0.29, 0.717) is 5.56 Å². The molecule has 2 aromatic carbocycles. The van der Waals surface area contributed by atoms with Crippen LogP contribution in [-0.4, -0.2) is 23.3 Å². The van der Waals surface area contributed by atoms with Crippen LogP contribution in [0.1, 0.15) is 15.9 Å². The van der Waals surface area contributed by atoms with Gasteiger partial charge in [-0.1, -0.05) is 33.8 Å². The zero-order valence-corrected chi connectivity index (χ0v) is 17.5. The topological polar surface area (TPSA) is 71.1 Å². The van der Waals surface area contributed by atoms with Crippen molar-refractivity contribution in [2.75, 3.05) is 11.9 Å². The molecule has 0 saturated carbocycles. The quantitative estimate of drug-likeness (QED) is 0.566. The summed E-state index contributed by atoms with van der Waals surface area (Å²) in [6.45, 7) is 1.81. The van der Waals surface area contributed by atoms with Crippen LogP contribution < -0.4 is 10.6 Å². The first-order chi connectivity index (χ1) is 13.5. The van der Waals surface area contributed by atoms with Crippen molar-refractivity contribution < 1.29 is 9.59 Å². The van der Waals surface area contributed by atoms with Gasteiger partial charge in [-0.25, -0.2) is 4.98 Å². The minimum Gasteiger partial charge on any atom is -0.343 e. The van der Waals surface area contributed by atoms with Crippen LogP contribution in [0.5, 0.6) is 0 Å². The monoisotopic (exact) mass is 455 g/mol. The van der Waals surface area contributed by atoms with Gasteiger partial charge >= 0.3 is 0 Å². The first-order valence-corrected chi connectivity index (χ1v) is 10.2. The molecule has 5 nitrogen and oxygen atoms in total. The molecule has 7 heteroatoms. The van der Waals surface area contributed by atoms with E-state index in [1.165, 1.54) is 11.8 Å². The summed E-state index contributed by atoms with van der Waals surface area (Å²) in [6, 6.07) is 18.5. The van der Waals surface area contributed by atoms with Gasteiger partial charge in [0, 0.05) is 26.8 Å². The molecule has 0 atom stereocenters. The molecule has 0 aliphatic rings. The minimum atomic E-state index is -0.294. The second-order valence-corrected chi connectivity index (χ2v) is 7.99. The Morgan fingerprint density at radius 3 is 2.54 bits per heavy atom. The smallest absolute Gasteiger partial charge is 0.251 e. The minimum absolute atomic E-state index is 0.0984. The Morgan fingerprint density at radius 1 is 1.07 bits per heavy atom. The molecule has 1 aromatic heterocycles. The first-order valence-electron chi connectivity index (χ1n) is 8.54. The number of nitrogens with zero attached hydrogens (tertiary/aromatic N) is 1. The van der Waals surface area contributed by atoms with Crippen LogP contribution in [0.25, 0.3) is 0 Å². The second-order valence-electron chi connectivity index (χ2n) is 5.98. The molecule has 0 radical (unpaired) electrons. The maximum Gasteiger partial charge on any atom is 0.251 e. The van der Waals surface area contributed by atoms with Crippen LogP contribution in [-0.2, 0) is 4.79 Å². The second kappa shape index (κ2) is 9.52. The number of nitrogens with one attached hydrogen (secondary N) is 2. The fourth-order valence-corrected chi connectivity index (χ4v) is 3.68. The molecule has 3 aromatic rings. The molecule has 0 aliphatic carbocycles. The average molecular weight is 456 g/mol. The molecule has 142 valence electrons. The number of hydrogen-bond donors (Lipinski definition) is 2. The van der Waals surface area contributed by atoms with Gasteiger partial charge in [-0.2, -0.15) is 0 Å². The van der Waals surface area contributed by atoms with Crippen LogP contribution in [0.3, 0.4) is 0 Å². The van der Waals surface area contributed by atoms with Crippen molar-refractivity contribution in [2.45, 2.75) is 16.8 Å². The number of benzene rings is 2. The summed E-state index contributed by atoms with van der Waals surface area (Å²) in [5, 5.41) is 6.32. The number of anilines is 1. The Bertz CT molecular complexity index is 979. The third kappa shape index (κ3) is 5.68. The lowest BCUT2D eigenvalue weighted by atomic mass is 10.2. The molecule has 0 saturated heterocycles. The van der Waals surface area contributed by atoms with Gasteiger partial charge in [0.2, 0.25) is 5.91 Å². The summed E-state index contributed by atoms with van der Waals surface area (Å²) in [5.74, 6) is -0.571. The number of halogens is 1. The fourth-order valence-electron chi connectivity index (χ4n) is 2.43. The van der Waals surface area contributed by atoms with Crippen molar-refractivity contribution in [3.8, 4) is 0 Å². The van der Waals surface area contributed by atoms with Gasteiger partial charge in [0.15, 0.2) is 0 Å². The highest BCUT2D eigenvalue weighted by atomic mass is 79.9. The van der Waals surface area contributed by atoms with E-state index in [4.69, 9.17) is 0 Å². The van der Waals surface area contributed by atoms with Gasteiger partial charge in [-0.15, -0.1) is 0 Å². The lowest BCUT2D eigenvalue weighted by Gasteiger charge is -2.10. The van der Waals surface area contributed by atoms with E-state index in [0.717, 1.165) is 25.6 Å². The molecule has 0 fully saturated rings. The van der Waals surface area contributed by atoms with E-state index < -0.39 is 0 Å². The standard InChI is InChI=1S/C21H18BrN3O2S/c1-14-12-16(22)7-10-18(14)25-19(26)13-24-21(27)15-5-8-17(9-6-15)28-20-4-2-3-11-23-20/h2-12H,13H2,1H3,(H,24,27)(H,25,26). The highest BCUT2D eigenvalue weighted by molar-refractivity contribution is 9.10. The summed E-state index contributed by atoms with van der Waals surface area (Å²) >= 11 is 4.91. The van der Waals surface area contributed by atoms with Crippen molar-refractivity contribution in [2.24, 2.45) is 0 Å². The summed E-state index contributed by atoms with van der Waals surface area (Å²) in [6.07, 6.45) is 1.74. The third-order valence-electron chi connectivity index (χ3n) is 3.85. The number of aryl methyl sites for hydroxylation is 1. The zero-order valence-electron chi connectivity index (χ0n) is 15.1. The number of rotatable bonds is 6. The van der Waals surface area contributed by atoms with Crippen LogP contribution in [0, 0.1) is 6.92 Å². The predicted molar refractivity (Wildman–Crippen MR) is 115 cm³/mol. The van der Waals surface area contributed by atoms with E-state index in [2.05, 4.69) is 31.5 Å². The Labute approximate surface area is 176 Å². The molecular weight excluding hydrogens is 438 g/mol. The average Bonchev–Trinajstić information content (AvgIpc) is 2.70. The molecule has 2 N–H and O–H groups in total. The maximum atomic E-state index is 12.3. The van der Waals surface area contributed by atoms with Crippen LogP contribution in [0.2, 0.25) is 0 Å². The highest BCUT2D eigenvalue weighted by Gasteiger charge is 2.10. The SMILES string of the molecule is Cc1cc(Br)ccc1NC(=O)CNC(=O)c1ccc(Sc2ccccn2)cc1. The predicted octanol–water partition coefficient (Wildman–Crippen LogP) is 4.67. The Balaban J connectivity index is 1.52. The van der Waals surface area contributed by atoms with Crippen molar-refractivity contribution in [1.29, 1.82) is 0 Å². The molecule has 2 amide bonds. The van der Waals surface area contributed by atoms with Gasteiger partial charge in [-0.05, 0) is 67.1 Å². The van der Waals surface area contributed by atoms with E-state index in [1.807, 2.05) is 55.5 Å². The van der Waals surface area contributed by atoms with Crippen LogP contribution in [0.4, 0.5) is 5.69 Å². The lowest BCUT2D eigenvalue weighted by molar-refractivity contribution is -0.115. The number of hydrogen-bond acceptors (Lipinski definition) is 4. The summed E-state index contributed by atoms with van der Waals surface area (Å²) in [7, 11) is 0. The van der Waals surface area contributed by atoms with Crippen molar-refractivity contribution in [3.05, 3.63) is 82.5 Å². The van der Waals surface area contributed by atoms with Crippen molar-refractivity contribution in [1.82, 2.24) is 10.3 Å². The summed E-state index contributed by atoms with van der Waals surface area (Å²) in [4.78, 5) is 29.6. The zero-order chi connectivity index (χ0) is 19.9. The molecule has 0 bridgehead atoms. The summed E-state index contributed by atoms with van der Waals surface area (Å²) in [5.41, 5.74) is 2.16. The number of pyridine rings is 1. The van der Waals surface area contributed by atoms with E-state index >= 15 is 0 Å². The van der Waals surface area contributed by atoms with Crippen LogP contribution >= 0.6 is 27.7 Å². The van der Waals surface area contributed by atoms with Gasteiger partial charge < -0.3 is 10.6 Å². The fraction of sp³-hybridized carbons (Fsp3) is 0.0952. The Hall–Kier alpha value is -2.64.